The van der Waals surface area contributed by atoms with Gasteiger partial charge in [-0.3, -0.25) is 4.79 Å². The van der Waals surface area contributed by atoms with Crippen LogP contribution in [0.2, 0.25) is 0 Å². The maximum atomic E-state index is 12.3. The van der Waals surface area contributed by atoms with Crippen LogP contribution in [0.15, 0.2) is 5.38 Å². The molecule has 1 fully saturated rings. The molecule has 0 aromatic carbocycles. The highest BCUT2D eigenvalue weighted by molar-refractivity contribution is 7.13. The van der Waals surface area contributed by atoms with Crippen LogP contribution in [0.3, 0.4) is 0 Å². The second-order valence-electron chi connectivity index (χ2n) is 4.96. The fourth-order valence-corrected chi connectivity index (χ4v) is 3.11. The highest BCUT2D eigenvalue weighted by Gasteiger charge is 2.28. The first-order valence-electron chi connectivity index (χ1n) is 6.78. The van der Waals surface area contributed by atoms with E-state index >= 15 is 0 Å². The second kappa shape index (κ2) is 6.34. The zero-order valence-corrected chi connectivity index (χ0v) is 12.2. The average molecular weight is 283 g/mol. The smallest absolute Gasteiger partial charge is 0.273 e. The van der Waals surface area contributed by atoms with E-state index in [0.29, 0.717) is 12.2 Å². The fraction of sp³-hybridized carbons (Fsp3) is 0.692. The first-order chi connectivity index (χ1) is 9.11. The number of hydrogen-bond donors (Lipinski definition) is 2. The minimum atomic E-state index is -0.358. The quantitative estimate of drug-likeness (QED) is 0.884. The van der Waals surface area contributed by atoms with E-state index in [4.69, 9.17) is 0 Å². The lowest BCUT2D eigenvalue weighted by molar-refractivity contribution is 0.0462. The van der Waals surface area contributed by atoms with E-state index in [1.165, 1.54) is 11.3 Å². The monoisotopic (exact) mass is 283 g/mol. The molecule has 106 valence electrons. The number of thiazole rings is 1. The number of likely N-dealkylation sites (tertiary alicyclic amines) is 1. The van der Waals surface area contributed by atoms with Gasteiger partial charge < -0.3 is 15.3 Å². The molecule has 1 aliphatic heterocycles. The lowest BCUT2D eigenvalue weighted by atomic mass is 9.93. The van der Waals surface area contributed by atoms with Crippen molar-refractivity contribution >= 4 is 22.4 Å². The van der Waals surface area contributed by atoms with Crippen LogP contribution in [-0.4, -0.2) is 46.6 Å². The Bertz CT molecular complexity index is 433. The molecule has 5 nitrogen and oxygen atoms in total. The Morgan fingerprint density at radius 3 is 3.21 bits per heavy atom. The molecule has 2 N–H and O–H groups in total. The molecule has 2 heterocycles. The Kier molecular flexibility index (Phi) is 4.76. The molecule has 1 amide bonds. The van der Waals surface area contributed by atoms with Crippen LogP contribution in [-0.2, 0) is 0 Å². The van der Waals surface area contributed by atoms with Gasteiger partial charge in [0.15, 0.2) is 5.13 Å². The van der Waals surface area contributed by atoms with E-state index in [9.17, 15) is 9.90 Å². The van der Waals surface area contributed by atoms with Crippen LogP contribution < -0.4 is 5.32 Å². The number of aliphatic hydroxyl groups excluding tert-OH is 1. The summed E-state index contributed by atoms with van der Waals surface area (Å²) in [5, 5.41) is 15.4. The highest BCUT2D eigenvalue weighted by Crippen LogP contribution is 2.22. The van der Waals surface area contributed by atoms with Crippen molar-refractivity contribution in [3.8, 4) is 0 Å². The Balaban J connectivity index is 2.01. The number of carbonyl (C=O) groups is 1. The predicted octanol–water partition coefficient (Wildman–Crippen LogP) is 1.81. The van der Waals surface area contributed by atoms with Gasteiger partial charge in [0, 0.05) is 30.9 Å². The first-order valence-corrected chi connectivity index (χ1v) is 7.66. The van der Waals surface area contributed by atoms with Crippen molar-refractivity contribution in [3.63, 3.8) is 0 Å². The summed E-state index contributed by atoms with van der Waals surface area (Å²) in [5.74, 6) is 0.162. The number of nitrogens with one attached hydrogen (secondary N) is 1. The molecule has 2 unspecified atom stereocenters. The topological polar surface area (TPSA) is 65.5 Å². The van der Waals surface area contributed by atoms with Gasteiger partial charge in [-0.2, -0.15) is 0 Å². The third kappa shape index (κ3) is 3.45. The molecule has 6 heteroatoms. The van der Waals surface area contributed by atoms with Gasteiger partial charge in [0.1, 0.15) is 5.69 Å². The molecule has 2 atom stereocenters. The third-order valence-corrected chi connectivity index (χ3v) is 4.28. The van der Waals surface area contributed by atoms with E-state index in [-0.39, 0.29) is 17.9 Å². The molecule has 1 aromatic rings. The Hall–Kier alpha value is -1.14. The van der Waals surface area contributed by atoms with E-state index in [0.717, 1.165) is 31.1 Å². The van der Waals surface area contributed by atoms with Gasteiger partial charge in [0.05, 0.1) is 6.10 Å². The van der Waals surface area contributed by atoms with Gasteiger partial charge in [-0.1, -0.05) is 0 Å². The van der Waals surface area contributed by atoms with Crippen molar-refractivity contribution in [2.45, 2.75) is 32.8 Å². The molecule has 1 aliphatic rings. The molecule has 0 saturated carbocycles. The van der Waals surface area contributed by atoms with Crippen molar-refractivity contribution in [2.75, 3.05) is 25.0 Å². The maximum absolute atomic E-state index is 12.3. The summed E-state index contributed by atoms with van der Waals surface area (Å²) in [6.07, 6.45) is 1.58. The van der Waals surface area contributed by atoms with E-state index in [2.05, 4.69) is 10.3 Å². The lowest BCUT2D eigenvalue weighted by Crippen LogP contribution is -2.43. The summed E-state index contributed by atoms with van der Waals surface area (Å²) in [6, 6.07) is 0. The SMILES string of the molecule is CCNc1nc(C(=O)N2CCCC(C(C)O)C2)cs1. The summed E-state index contributed by atoms with van der Waals surface area (Å²) < 4.78 is 0. The number of rotatable bonds is 4. The van der Waals surface area contributed by atoms with Gasteiger partial charge in [0.25, 0.3) is 5.91 Å². The number of nitrogens with zero attached hydrogens (tertiary/aromatic N) is 2. The normalized spacial score (nSPS) is 21.2. The molecule has 0 aliphatic carbocycles. The number of carbonyl (C=O) groups excluding carboxylic acids is 1. The van der Waals surface area contributed by atoms with Crippen molar-refractivity contribution in [3.05, 3.63) is 11.1 Å². The van der Waals surface area contributed by atoms with Crippen LogP contribution in [0.4, 0.5) is 5.13 Å². The molecule has 0 spiro atoms. The zero-order valence-electron chi connectivity index (χ0n) is 11.4. The van der Waals surface area contributed by atoms with Crippen LogP contribution in [0.25, 0.3) is 0 Å². The van der Waals surface area contributed by atoms with E-state index in [1.54, 1.807) is 12.3 Å². The summed E-state index contributed by atoms with van der Waals surface area (Å²) in [6.45, 7) is 5.99. The van der Waals surface area contributed by atoms with Gasteiger partial charge in [-0.05, 0) is 26.7 Å². The molecular weight excluding hydrogens is 262 g/mol. The summed E-state index contributed by atoms with van der Waals surface area (Å²) in [5.41, 5.74) is 0.507. The molecule has 19 heavy (non-hydrogen) atoms. The van der Waals surface area contributed by atoms with Gasteiger partial charge in [0.2, 0.25) is 0 Å². The van der Waals surface area contributed by atoms with E-state index in [1.807, 2.05) is 11.8 Å². The van der Waals surface area contributed by atoms with Crippen molar-refractivity contribution in [2.24, 2.45) is 5.92 Å². The number of piperidine rings is 1. The standard InChI is InChI=1S/C13H21N3O2S/c1-3-14-13-15-11(8-19-13)12(18)16-6-4-5-10(7-16)9(2)17/h8-10,17H,3-7H2,1-2H3,(H,14,15). The van der Waals surface area contributed by atoms with Gasteiger partial charge in [-0.15, -0.1) is 11.3 Å². The van der Waals surface area contributed by atoms with Crippen molar-refractivity contribution < 1.29 is 9.90 Å². The molecule has 1 saturated heterocycles. The van der Waals surface area contributed by atoms with Gasteiger partial charge in [-0.25, -0.2) is 4.98 Å². The fourth-order valence-electron chi connectivity index (χ4n) is 2.35. The minimum absolute atomic E-state index is 0.0225. The van der Waals surface area contributed by atoms with Crippen LogP contribution in [0, 0.1) is 5.92 Å². The highest BCUT2D eigenvalue weighted by atomic mass is 32.1. The summed E-state index contributed by atoms with van der Waals surface area (Å²) in [4.78, 5) is 18.5. The number of amides is 1. The minimum Gasteiger partial charge on any atom is -0.393 e. The van der Waals surface area contributed by atoms with Crippen molar-refractivity contribution in [1.82, 2.24) is 9.88 Å². The first kappa shape index (κ1) is 14.3. The molecule has 0 bridgehead atoms. The molecule has 1 aromatic heterocycles. The van der Waals surface area contributed by atoms with Crippen LogP contribution in [0.5, 0.6) is 0 Å². The Morgan fingerprint density at radius 1 is 1.74 bits per heavy atom. The third-order valence-electron chi connectivity index (χ3n) is 3.48. The number of aliphatic hydroxyl groups is 1. The second-order valence-corrected chi connectivity index (χ2v) is 5.82. The van der Waals surface area contributed by atoms with E-state index < -0.39 is 0 Å². The number of hydrogen-bond acceptors (Lipinski definition) is 5. The number of aromatic nitrogens is 1. The van der Waals surface area contributed by atoms with Crippen LogP contribution in [0.1, 0.15) is 37.2 Å². The lowest BCUT2D eigenvalue weighted by Gasteiger charge is -2.33. The Labute approximate surface area is 117 Å². The largest absolute Gasteiger partial charge is 0.393 e. The summed E-state index contributed by atoms with van der Waals surface area (Å²) in [7, 11) is 0. The molecular formula is C13H21N3O2S. The average Bonchev–Trinajstić information content (AvgIpc) is 2.87. The van der Waals surface area contributed by atoms with Crippen LogP contribution >= 0.6 is 11.3 Å². The molecule has 2 rings (SSSR count). The van der Waals surface area contributed by atoms with Crippen molar-refractivity contribution in [1.29, 1.82) is 0 Å². The number of anilines is 1. The maximum Gasteiger partial charge on any atom is 0.273 e. The predicted molar refractivity (Wildman–Crippen MR) is 76.6 cm³/mol. The Morgan fingerprint density at radius 2 is 2.53 bits per heavy atom. The molecule has 0 radical (unpaired) electrons. The zero-order chi connectivity index (χ0) is 13.8. The van der Waals surface area contributed by atoms with Gasteiger partial charge >= 0.3 is 0 Å². The summed E-state index contributed by atoms with van der Waals surface area (Å²) >= 11 is 1.45.